The number of nitrogens with one attached hydrogen (secondary N) is 1. The fourth-order valence-electron chi connectivity index (χ4n) is 2.27. The number of likely N-dealkylation sites (N-methyl/N-ethyl adjacent to an activating group) is 1. The van der Waals surface area contributed by atoms with Crippen LogP contribution in [-0.2, 0) is 9.53 Å². The zero-order chi connectivity index (χ0) is 18.3. The highest BCUT2D eigenvalue weighted by atomic mass is 16.5. The van der Waals surface area contributed by atoms with Crippen LogP contribution in [0.25, 0.3) is 0 Å². The molecule has 0 saturated carbocycles. The van der Waals surface area contributed by atoms with E-state index in [4.69, 9.17) is 9.47 Å². The Labute approximate surface area is 144 Å². The summed E-state index contributed by atoms with van der Waals surface area (Å²) in [5.74, 6) is -0.0951. The molecule has 0 bridgehead atoms. The van der Waals surface area contributed by atoms with Gasteiger partial charge in [0.15, 0.2) is 6.61 Å². The van der Waals surface area contributed by atoms with E-state index in [0.29, 0.717) is 17.9 Å². The summed E-state index contributed by atoms with van der Waals surface area (Å²) in [4.78, 5) is 26.0. The lowest BCUT2D eigenvalue weighted by Gasteiger charge is -2.19. The fourth-order valence-corrected chi connectivity index (χ4v) is 2.27. The first-order chi connectivity index (χ1) is 11.3. The van der Waals surface area contributed by atoms with Crippen molar-refractivity contribution in [3.8, 4) is 5.75 Å². The van der Waals surface area contributed by atoms with E-state index in [1.807, 2.05) is 51.9 Å². The van der Waals surface area contributed by atoms with Crippen molar-refractivity contribution in [2.75, 3.05) is 40.9 Å². The largest absolute Gasteiger partial charge is 0.483 e. The highest BCUT2D eigenvalue weighted by Crippen LogP contribution is 2.33. The third kappa shape index (κ3) is 5.53. The quantitative estimate of drug-likeness (QED) is 0.735. The summed E-state index contributed by atoms with van der Waals surface area (Å²) in [6, 6.07) is 3.79. The number of hydrogen-bond acceptors (Lipinski definition) is 5. The summed E-state index contributed by atoms with van der Waals surface area (Å²) in [6.07, 6.45) is 0. The van der Waals surface area contributed by atoms with E-state index in [0.717, 1.165) is 17.7 Å². The normalized spacial score (nSPS) is 10.8. The molecule has 1 amide bonds. The molecule has 24 heavy (non-hydrogen) atoms. The van der Waals surface area contributed by atoms with Gasteiger partial charge in [0.2, 0.25) is 0 Å². The molecule has 0 fully saturated rings. The van der Waals surface area contributed by atoms with Crippen LogP contribution in [0.4, 0.5) is 0 Å². The van der Waals surface area contributed by atoms with Gasteiger partial charge in [0.25, 0.3) is 5.91 Å². The number of methoxy groups -OCH3 is 1. The van der Waals surface area contributed by atoms with Crippen molar-refractivity contribution < 1.29 is 19.1 Å². The van der Waals surface area contributed by atoms with Gasteiger partial charge >= 0.3 is 5.97 Å². The van der Waals surface area contributed by atoms with Crippen LogP contribution in [0.3, 0.4) is 0 Å². The Bertz CT molecular complexity index is 583. The second-order valence-corrected chi connectivity index (χ2v) is 6.26. The van der Waals surface area contributed by atoms with Crippen LogP contribution in [0.15, 0.2) is 12.1 Å². The van der Waals surface area contributed by atoms with Gasteiger partial charge in [-0.05, 0) is 38.1 Å². The predicted octanol–water partition coefficient (Wildman–Crippen LogP) is 1.96. The summed E-state index contributed by atoms with van der Waals surface area (Å²) in [6.45, 7) is 7.00. The number of carbonyl (C=O) groups is 2. The van der Waals surface area contributed by atoms with Gasteiger partial charge < -0.3 is 19.7 Å². The number of hydrogen-bond donors (Lipinski definition) is 1. The molecule has 134 valence electrons. The van der Waals surface area contributed by atoms with E-state index in [9.17, 15) is 9.59 Å². The lowest BCUT2D eigenvalue weighted by molar-refractivity contribution is -0.123. The monoisotopic (exact) mass is 336 g/mol. The van der Waals surface area contributed by atoms with Crippen molar-refractivity contribution in [2.24, 2.45) is 0 Å². The second kappa shape index (κ2) is 9.27. The van der Waals surface area contributed by atoms with Crippen molar-refractivity contribution in [2.45, 2.75) is 26.7 Å². The molecule has 1 rings (SSSR count). The zero-order valence-corrected chi connectivity index (χ0v) is 15.4. The Hall–Kier alpha value is -2.08. The highest BCUT2D eigenvalue weighted by molar-refractivity contribution is 5.95. The summed E-state index contributed by atoms with van der Waals surface area (Å²) >= 11 is 0. The van der Waals surface area contributed by atoms with Crippen LogP contribution in [0.2, 0.25) is 0 Å². The average molecular weight is 336 g/mol. The van der Waals surface area contributed by atoms with E-state index in [2.05, 4.69) is 5.32 Å². The average Bonchev–Trinajstić information content (AvgIpc) is 2.51. The van der Waals surface area contributed by atoms with Gasteiger partial charge in [0, 0.05) is 13.1 Å². The Morgan fingerprint density at radius 1 is 1.25 bits per heavy atom. The predicted molar refractivity (Wildman–Crippen MR) is 93.7 cm³/mol. The lowest BCUT2D eigenvalue weighted by Crippen LogP contribution is -2.34. The maximum absolute atomic E-state index is 12.1. The van der Waals surface area contributed by atoms with E-state index in [1.54, 1.807) is 0 Å². The molecular weight excluding hydrogens is 308 g/mol. The summed E-state index contributed by atoms with van der Waals surface area (Å²) in [7, 11) is 5.21. The molecule has 6 nitrogen and oxygen atoms in total. The summed E-state index contributed by atoms with van der Waals surface area (Å²) in [5, 5.41) is 2.79. The Kier molecular flexibility index (Phi) is 7.71. The molecule has 0 spiro atoms. The SMILES string of the molecule is COC(=O)c1c(C)ccc(C(C)C)c1OCC(=O)NCCN(C)C. The molecule has 0 heterocycles. The minimum absolute atomic E-state index is 0.138. The number of esters is 1. The molecule has 6 heteroatoms. The third-order valence-electron chi connectivity index (χ3n) is 3.64. The van der Waals surface area contributed by atoms with Crippen molar-refractivity contribution >= 4 is 11.9 Å². The van der Waals surface area contributed by atoms with Crippen molar-refractivity contribution in [1.29, 1.82) is 0 Å². The van der Waals surface area contributed by atoms with Crippen molar-refractivity contribution in [3.63, 3.8) is 0 Å². The van der Waals surface area contributed by atoms with Gasteiger partial charge in [-0.25, -0.2) is 4.79 Å². The summed E-state index contributed by atoms with van der Waals surface area (Å²) < 4.78 is 10.6. The standard InChI is InChI=1S/C18H28N2O4/c1-12(2)14-8-7-13(3)16(18(22)23-6)17(14)24-11-15(21)19-9-10-20(4)5/h7-8,12H,9-11H2,1-6H3,(H,19,21). The molecule has 0 aliphatic heterocycles. The van der Waals surface area contributed by atoms with Crippen LogP contribution in [-0.4, -0.2) is 57.7 Å². The van der Waals surface area contributed by atoms with Gasteiger partial charge in [-0.3, -0.25) is 4.79 Å². The number of ether oxygens (including phenoxy) is 2. The fraction of sp³-hybridized carbons (Fsp3) is 0.556. The minimum atomic E-state index is -0.460. The van der Waals surface area contributed by atoms with Gasteiger partial charge in [0.05, 0.1) is 7.11 Å². The molecule has 1 aromatic rings. The van der Waals surface area contributed by atoms with Crippen molar-refractivity contribution in [3.05, 3.63) is 28.8 Å². The van der Waals surface area contributed by atoms with Gasteiger partial charge in [-0.15, -0.1) is 0 Å². The molecule has 0 aromatic heterocycles. The molecule has 0 atom stereocenters. The molecule has 0 unspecified atom stereocenters. The highest BCUT2D eigenvalue weighted by Gasteiger charge is 2.22. The molecule has 0 aliphatic carbocycles. The first kappa shape index (κ1) is 20.0. The molecule has 1 N–H and O–H groups in total. The maximum atomic E-state index is 12.1. The number of benzene rings is 1. The first-order valence-corrected chi connectivity index (χ1v) is 8.04. The first-order valence-electron chi connectivity index (χ1n) is 8.04. The Balaban J connectivity index is 2.94. The van der Waals surface area contributed by atoms with Crippen LogP contribution >= 0.6 is 0 Å². The topological polar surface area (TPSA) is 67.9 Å². The molecule has 0 radical (unpaired) electrons. The van der Waals surface area contributed by atoms with Crippen molar-refractivity contribution in [1.82, 2.24) is 10.2 Å². The van der Waals surface area contributed by atoms with E-state index in [1.165, 1.54) is 7.11 Å². The second-order valence-electron chi connectivity index (χ2n) is 6.26. The van der Waals surface area contributed by atoms with Crippen LogP contribution in [0, 0.1) is 6.92 Å². The molecular formula is C18H28N2O4. The number of aryl methyl sites for hydroxylation is 1. The molecule has 0 aliphatic rings. The lowest BCUT2D eigenvalue weighted by atomic mass is 9.96. The maximum Gasteiger partial charge on any atom is 0.341 e. The number of carbonyl (C=O) groups excluding carboxylic acids is 2. The van der Waals surface area contributed by atoms with Gasteiger partial charge in [0.1, 0.15) is 11.3 Å². The number of rotatable bonds is 8. The van der Waals surface area contributed by atoms with Gasteiger partial charge in [-0.1, -0.05) is 26.0 Å². The molecule has 0 saturated heterocycles. The van der Waals surface area contributed by atoms with E-state index >= 15 is 0 Å². The third-order valence-corrected chi connectivity index (χ3v) is 3.64. The number of amides is 1. The summed E-state index contributed by atoms with van der Waals surface area (Å²) in [5.41, 5.74) is 2.01. The minimum Gasteiger partial charge on any atom is -0.483 e. The van der Waals surface area contributed by atoms with Crippen LogP contribution < -0.4 is 10.1 Å². The van der Waals surface area contributed by atoms with Gasteiger partial charge in [-0.2, -0.15) is 0 Å². The van der Waals surface area contributed by atoms with E-state index < -0.39 is 5.97 Å². The Morgan fingerprint density at radius 3 is 2.46 bits per heavy atom. The smallest absolute Gasteiger partial charge is 0.341 e. The van der Waals surface area contributed by atoms with E-state index in [-0.39, 0.29) is 18.4 Å². The van der Waals surface area contributed by atoms with Crippen LogP contribution in [0.5, 0.6) is 5.75 Å². The Morgan fingerprint density at radius 2 is 1.92 bits per heavy atom. The zero-order valence-electron chi connectivity index (χ0n) is 15.4. The molecule has 1 aromatic carbocycles. The number of nitrogens with zero attached hydrogens (tertiary/aromatic N) is 1. The van der Waals surface area contributed by atoms with Crippen LogP contribution in [0.1, 0.15) is 41.3 Å².